The summed E-state index contributed by atoms with van der Waals surface area (Å²) < 4.78 is 10.9. The van der Waals surface area contributed by atoms with Gasteiger partial charge in [0.25, 0.3) is 0 Å². The van der Waals surface area contributed by atoms with Crippen LogP contribution in [0, 0.1) is 0 Å². The summed E-state index contributed by atoms with van der Waals surface area (Å²) in [5, 5.41) is 2.95. The number of anilines is 1. The minimum Gasteiger partial charge on any atom is -0.497 e. The first-order chi connectivity index (χ1) is 13.2. The SMILES string of the molecule is COc1cc2c(c(OC)c1)C(c1ccc(-c3ccccc3)cc1)CC(=O)N2. The smallest absolute Gasteiger partial charge is 0.225 e. The van der Waals surface area contributed by atoms with Crippen LogP contribution in [0.5, 0.6) is 11.5 Å². The Kier molecular flexibility index (Phi) is 4.55. The third-order valence-corrected chi connectivity index (χ3v) is 5.00. The van der Waals surface area contributed by atoms with Crippen molar-refractivity contribution >= 4 is 11.6 Å². The lowest BCUT2D eigenvalue weighted by Gasteiger charge is -2.28. The van der Waals surface area contributed by atoms with E-state index in [9.17, 15) is 4.79 Å². The molecule has 1 heterocycles. The number of carbonyl (C=O) groups is 1. The molecule has 1 unspecified atom stereocenters. The second-order valence-electron chi connectivity index (χ2n) is 6.58. The fourth-order valence-corrected chi connectivity index (χ4v) is 3.66. The lowest BCUT2D eigenvalue weighted by molar-refractivity contribution is -0.116. The fourth-order valence-electron chi connectivity index (χ4n) is 3.66. The molecule has 0 saturated heterocycles. The minimum absolute atomic E-state index is 0.00468. The molecule has 0 spiro atoms. The Balaban J connectivity index is 1.76. The molecule has 0 fully saturated rings. The van der Waals surface area contributed by atoms with Crippen molar-refractivity contribution in [2.24, 2.45) is 0 Å². The summed E-state index contributed by atoms with van der Waals surface area (Å²) in [7, 11) is 3.24. The van der Waals surface area contributed by atoms with Crippen molar-refractivity contribution in [2.45, 2.75) is 12.3 Å². The van der Waals surface area contributed by atoms with Gasteiger partial charge in [0.05, 0.1) is 19.9 Å². The van der Waals surface area contributed by atoms with E-state index >= 15 is 0 Å². The number of nitrogens with one attached hydrogen (secondary N) is 1. The van der Waals surface area contributed by atoms with Crippen LogP contribution in [0.2, 0.25) is 0 Å². The fraction of sp³-hybridized carbons (Fsp3) is 0.174. The Bertz CT molecular complexity index is 965. The highest BCUT2D eigenvalue weighted by Crippen LogP contribution is 2.45. The largest absolute Gasteiger partial charge is 0.497 e. The number of methoxy groups -OCH3 is 2. The van der Waals surface area contributed by atoms with Crippen LogP contribution in [-0.2, 0) is 4.79 Å². The van der Waals surface area contributed by atoms with Gasteiger partial charge in [0.15, 0.2) is 0 Å². The first-order valence-electron chi connectivity index (χ1n) is 8.90. The van der Waals surface area contributed by atoms with Crippen LogP contribution in [0.25, 0.3) is 11.1 Å². The quantitative estimate of drug-likeness (QED) is 0.725. The molecule has 1 amide bonds. The second-order valence-corrected chi connectivity index (χ2v) is 6.58. The number of amides is 1. The van der Waals surface area contributed by atoms with Crippen LogP contribution in [-0.4, -0.2) is 20.1 Å². The third-order valence-electron chi connectivity index (χ3n) is 5.00. The molecule has 4 rings (SSSR count). The van der Waals surface area contributed by atoms with E-state index in [1.54, 1.807) is 14.2 Å². The lowest BCUT2D eigenvalue weighted by atomic mass is 9.83. The third kappa shape index (κ3) is 3.26. The summed E-state index contributed by atoms with van der Waals surface area (Å²) in [5.74, 6) is 1.32. The number of rotatable bonds is 4. The molecule has 27 heavy (non-hydrogen) atoms. The standard InChI is InChI=1S/C23H21NO3/c1-26-18-12-20-23(21(13-18)27-2)19(14-22(25)24-20)17-10-8-16(9-11-17)15-6-4-3-5-7-15/h3-13,19H,14H2,1-2H3,(H,24,25). The number of hydrogen-bond donors (Lipinski definition) is 1. The first-order valence-corrected chi connectivity index (χ1v) is 8.90. The van der Waals surface area contributed by atoms with E-state index in [0.29, 0.717) is 12.2 Å². The molecular formula is C23H21NO3. The van der Waals surface area contributed by atoms with E-state index in [0.717, 1.165) is 28.1 Å². The van der Waals surface area contributed by atoms with E-state index < -0.39 is 0 Å². The van der Waals surface area contributed by atoms with E-state index in [4.69, 9.17) is 9.47 Å². The van der Waals surface area contributed by atoms with Crippen molar-refractivity contribution in [1.29, 1.82) is 0 Å². The molecule has 4 heteroatoms. The maximum absolute atomic E-state index is 12.3. The van der Waals surface area contributed by atoms with Gasteiger partial charge in [-0.25, -0.2) is 0 Å². The van der Waals surface area contributed by atoms with Gasteiger partial charge in [-0.15, -0.1) is 0 Å². The van der Waals surface area contributed by atoms with Crippen molar-refractivity contribution in [3.8, 4) is 22.6 Å². The van der Waals surface area contributed by atoms with Crippen LogP contribution in [0.1, 0.15) is 23.5 Å². The van der Waals surface area contributed by atoms with E-state index in [2.05, 4.69) is 41.7 Å². The van der Waals surface area contributed by atoms with Crippen LogP contribution in [0.15, 0.2) is 66.7 Å². The zero-order valence-corrected chi connectivity index (χ0v) is 15.4. The predicted octanol–water partition coefficient (Wildman–Crippen LogP) is 4.84. The highest BCUT2D eigenvalue weighted by Gasteiger charge is 2.30. The Morgan fingerprint density at radius 1 is 0.889 bits per heavy atom. The molecule has 3 aromatic rings. The van der Waals surface area contributed by atoms with Crippen molar-refractivity contribution in [3.63, 3.8) is 0 Å². The normalized spacial score (nSPS) is 15.6. The predicted molar refractivity (Wildman–Crippen MR) is 107 cm³/mol. The molecule has 0 aromatic heterocycles. The maximum atomic E-state index is 12.3. The van der Waals surface area contributed by atoms with Gasteiger partial charge in [0.2, 0.25) is 5.91 Å². The van der Waals surface area contributed by atoms with Crippen LogP contribution < -0.4 is 14.8 Å². The Labute approximate surface area is 158 Å². The van der Waals surface area contributed by atoms with Crippen molar-refractivity contribution in [1.82, 2.24) is 0 Å². The van der Waals surface area contributed by atoms with E-state index in [1.807, 2.05) is 30.3 Å². The molecular weight excluding hydrogens is 338 g/mol. The van der Waals surface area contributed by atoms with Crippen molar-refractivity contribution in [2.75, 3.05) is 19.5 Å². The number of fused-ring (bicyclic) bond motifs is 1. The van der Waals surface area contributed by atoms with Gasteiger partial charge in [0, 0.05) is 30.0 Å². The lowest BCUT2D eigenvalue weighted by Crippen LogP contribution is -2.24. The van der Waals surface area contributed by atoms with E-state index in [1.165, 1.54) is 5.56 Å². The molecule has 3 aromatic carbocycles. The summed E-state index contributed by atoms with van der Waals surface area (Å²) >= 11 is 0. The molecule has 136 valence electrons. The van der Waals surface area contributed by atoms with Gasteiger partial charge >= 0.3 is 0 Å². The number of benzene rings is 3. The van der Waals surface area contributed by atoms with Crippen molar-refractivity contribution < 1.29 is 14.3 Å². The minimum atomic E-state index is -0.0561. The van der Waals surface area contributed by atoms with Crippen LogP contribution >= 0.6 is 0 Å². The molecule has 1 aliphatic rings. The molecule has 1 N–H and O–H groups in total. The van der Waals surface area contributed by atoms with Crippen molar-refractivity contribution in [3.05, 3.63) is 77.9 Å². The van der Waals surface area contributed by atoms with Gasteiger partial charge in [0.1, 0.15) is 11.5 Å². The first kappa shape index (κ1) is 17.2. The molecule has 4 nitrogen and oxygen atoms in total. The van der Waals surface area contributed by atoms with E-state index in [-0.39, 0.29) is 11.8 Å². The summed E-state index contributed by atoms with van der Waals surface area (Å²) in [6.07, 6.45) is 0.389. The summed E-state index contributed by atoms with van der Waals surface area (Å²) in [5.41, 5.74) is 5.16. The molecule has 0 bridgehead atoms. The average molecular weight is 359 g/mol. The number of carbonyl (C=O) groups excluding carboxylic acids is 1. The average Bonchev–Trinajstić information content (AvgIpc) is 2.72. The van der Waals surface area contributed by atoms with Crippen LogP contribution in [0.4, 0.5) is 5.69 Å². The summed E-state index contributed by atoms with van der Waals surface area (Å²) in [6, 6.07) is 22.4. The topological polar surface area (TPSA) is 47.6 Å². The highest BCUT2D eigenvalue weighted by atomic mass is 16.5. The monoisotopic (exact) mass is 359 g/mol. The Hall–Kier alpha value is -3.27. The number of ether oxygens (including phenoxy) is 2. The summed E-state index contributed by atoms with van der Waals surface area (Å²) in [6.45, 7) is 0. The van der Waals surface area contributed by atoms with Gasteiger partial charge in [-0.05, 0) is 16.7 Å². The second kappa shape index (κ2) is 7.16. The molecule has 1 atom stereocenters. The Morgan fingerprint density at radius 2 is 1.59 bits per heavy atom. The zero-order chi connectivity index (χ0) is 18.8. The maximum Gasteiger partial charge on any atom is 0.225 e. The van der Waals surface area contributed by atoms with Gasteiger partial charge in [-0.3, -0.25) is 4.79 Å². The molecule has 0 radical (unpaired) electrons. The molecule has 0 saturated carbocycles. The highest BCUT2D eigenvalue weighted by molar-refractivity contribution is 5.96. The summed E-state index contributed by atoms with van der Waals surface area (Å²) in [4.78, 5) is 12.3. The zero-order valence-electron chi connectivity index (χ0n) is 15.4. The molecule has 0 aliphatic carbocycles. The number of hydrogen-bond acceptors (Lipinski definition) is 3. The Morgan fingerprint density at radius 3 is 2.26 bits per heavy atom. The van der Waals surface area contributed by atoms with Gasteiger partial charge in [-0.2, -0.15) is 0 Å². The molecule has 1 aliphatic heterocycles. The van der Waals surface area contributed by atoms with Crippen LogP contribution in [0.3, 0.4) is 0 Å². The van der Waals surface area contributed by atoms with Gasteiger partial charge < -0.3 is 14.8 Å². The van der Waals surface area contributed by atoms with Gasteiger partial charge in [-0.1, -0.05) is 54.6 Å².